The van der Waals surface area contributed by atoms with Gasteiger partial charge in [0.1, 0.15) is 6.54 Å². The molecule has 2 aliphatic heterocycles. The fraction of sp³-hybridized carbons (Fsp3) is 0.429. The number of amides is 1. The van der Waals surface area contributed by atoms with Crippen molar-refractivity contribution in [2.75, 3.05) is 26.2 Å². The molecule has 1 N–H and O–H groups in total. The van der Waals surface area contributed by atoms with Crippen LogP contribution in [0.4, 0.5) is 0 Å². The molecule has 0 radical (unpaired) electrons. The molecular formula is C21H26N4OS. The summed E-state index contributed by atoms with van der Waals surface area (Å²) in [6.07, 6.45) is 1.98. The van der Waals surface area contributed by atoms with Crippen LogP contribution in [0.1, 0.15) is 28.5 Å². The van der Waals surface area contributed by atoms with Crippen molar-refractivity contribution in [3.8, 4) is 0 Å². The van der Waals surface area contributed by atoms with Crippen LogP contribution in [0.3, 0.4) is 0 Å². The number of guanidine groups is 1. The molecule has 0 bridgehead atoms. The molecule has 1 aromatic carbocycles. The van der Waals surface area contributed by atoms with Gasteiger partial charge in [0.2, 0.25) is 5.91 Å². The third-order valence-corrected chi connectivity index (χ3v) is 6.31. The zero-order valence-corrected chi connectivity index (χ0v) is 16.6. The first-order chi connectivity index (χ1) is 13.2. The van der Waals surface area contributed by atoms with E-state index in [9.17, 15) is 4.79 Å². The van der Waals surface area contributed by atoms with Crippen molar-refractivity contribution < 1.29 is 4.79 Å². The van der Waals surface area contributed by atoms with E-state index in [-0.39, 0.29) is 12.5 Å². The maximum Gasteiger partial charge on any atom is 0.244 e. The highest BCUT2D eigenvalue weighted by molar-refractivity contribution is 7.10. The predicted octanol–water partition coefficient (Wildman–Crippen LogP) is 2.66. The van der Waals surface area contributed by atoms with Crippen molar-refractivity contribution in [3.05, 3.63) is 57.3 Å². The lowest BCUT2D eigenvalue weighted by Crippen LogP contribution is -2.45. The smallest absolute Gasteiger partial charge is 0.244 e. The molecule has 5 nitrogen and oxygen atoms in total. The summed E-state index contributed by atoms with van der Waals surface area (Å²) in [6.45, 7) is 6.37. The van der Waals surface area contributed by atoms with Gasteiger partial charge in [-0.3, -0.25) is 4.79 Å². The maximum atomic E-state index is 12.7. The molecule has 2 aromatic rings. The van der Waals surface area contributed by atoms with Crippen molar-refractivity contribution in [2.45, 2.75) is 32.9 Å². The Kier molecular flexibility index (Phi) is 5.43. The summed E-state index contributed by atoms with van der Waals surface area (Å²) in [5, 5.41) is 5.48. The van der Waals surface area contributed by atoms with Gasteiger partial charge in [-0.15, -0.1) is 11.3 Å². The number of hydrogen-bond donors (Lipinski definition) is 1. The number of hydrogen-bond acceptors (Lipinski definition) is 3. The molecule has 4 rings (SSSR count). The predicted molar refractivity (Wildman–Crippen MR) is 110 cm³/mol. The van der Waals surface area contributed by atoms with Crippen LogP contribution in [0, 0.1) is 0 Å². The van der Waals surface area contributed by atoms with Crippen molar-refractivity contribution in [1.82, 2.24) is 15.1 Å². The van der Waals surface area contributed by atoms with Crippen LogP contribution in [-0.4, -0.2) is 47.8 Å². The molecule has 0 atom stereocenters. The average molecular weight is 383 g/mol. The molecule has 1 aromatic heterocycles. The highest BCUT2D eigenvalue weighted by atomic mass is 32.1. The minimum absolute atomic E-state index is 0.111. The second kappa shape index (κ2) is 8.13. The molecule has 6 heteroatoms. The molecule has 27 heavy (non-hydrogen) atoms. The molecule has 3 heterocycles. The van der Waals surface area contributed by atoms with Crippen LogP contribution in [0.5, 0.6) is 0 Å². The van der Waals surface area contributed by atoms with Gasteiger partial charge in [-0.1, -0.05) is 24.3 Å². The van der Waals surface area contributed by atoms with Crippen LogP contribution in [0.15, 0.2) is 40.7 Å². The topological polar surface area (TPSA) is 47.9 Å². The van der Waals surface area contributed by atoms with E-state index in [1.54, 1.807) is 11.3 Å². The standard InChI is InChI=1S/C21H26N4OS/c1-2-22-21(25-10-7-16-5-3-4-6-17(16)14-25)23-13-20(26)24-11-8-19-18(15-24)9-12-27-19/h3-6,9,12H,2,7-8,10-11,13-15H2,1H3,(H,22,23). The third-order valence-electron chi connectivity index (χ3n) is 5.29. The van der Waals surface area contributed by atoms with Crippen LogP contribution in [-0.2, 0) is 30.7 Å². The van der Waals surface area contributed by atoms with Crippen molar-refractivity contribution in [3.63, 3.8) is 0 Å². The van der Waals surface area contributed by atoms with Crippen molar-refractivity contribution in [1.29, 1.82) is 0 Å². The van der Waals surface area contributed by atoms with Crippen molar-refractivity contribution in [2.24, 2.45) is 4.99 Å². The minimum Gasteiger partial charge on any atom is -0.356 e. The van der Waals surface area contributed by atoms with E-state index in [0.717, 1.165) is 51.5 Å². The Morgan fingerprint density at radius 2 is 1.85 bits per heavy atom. The number of nitrogens with one attached hydrogen (secondary N) is 1. The van der Waals surface area contributed by atoms with Gasteiger partial charge in [-0.25, -0.2) is 4.99 Å². The summed E-state index contributed by atoms with van der Waals surface area (Å²) in [5.74, 6) is 0.952. The van der Waals surface area contributed by atoms with Gasteiger partial charge >= 0.3 is 0 Å². The van der Waals surface area contributed by atoms with E-state index in [1.165, 1.54) is 21.6 Å². The molecule has 0 saturated heterocycles. The van der Waals surface area contributed by atoms with Crippen LogP contribution >= 0.6 is 11.3 Å². The number of aliphatic imine (C=N–C) groups is 1. The molecule has 0 aliphatic carbocycles. The molecule has 0 unspecified atom stereocenters. The summed E-state index contributed by atoms with van der Waals surface area (Å²) in [4.78, 5) is 23.0. The summed E-state index contributed by atoms with van der Waals surface area (Å²) in [5.41, 5.74) is 4.06. The first kappa shape index (κ1) is 18.0. The average Bonchev–Trinajstić information content (AvgIpc) is 3.18. The van der Waals surface area contributed by atoms with E-state index in [2.05, 4.69) is 57.8 Å². The normalized spacial score (nSPS) is 16.7. The van der Waals surface area contributed by atoms with Gasteiger partial charge in [-0.05, 0) is 47.9 Å². The highest BCUT2D eigenvalue weighted by Crippen LogP contribution is 2.24. The van der Waals surface area contributed by atoms with Crippen LogP contribution in [0.2, 0.25) is 0 Å². The monoisotopic (exact) mass is 382 g/mol. The Balaban J connectivity index is 1.42. The third kappa shape index (κ3) is 4.00. The Bertz CT molecular complexity index is 844. The fourth-order valence-corrected chi connectivity index (χ4v) is 4.70. The van der Waals surface area contributed by atoms with E-state index in [0.29, 0.717) is 0 Å². The van der Waals surface area contributed by atoms with Crippen LogP contribution in [0.25, 0.3) is 0 Å². The second-order valence-electron chi connectivity index (χ2n) is 7.04. The SMILES string of the molecule is CCNC(=NCC(=O)N1CCc2sccc2C1)N1CCc2ccccc2C1. The lowest BCUT2D eigenvalue weighted by molar-refractivity contribution is -0.130. The Labute approximate surface area is 164 Å². The molecule has 0 spiro atoms. The van der Waals surface area contributed by atoms with Gasteiger partial charge in [0.25, 0.3) is 0 Å². The summed E-state index contributed by atoms with van der Waals surface area (Å²) in [7, 11) is 0. The first-order valence-corrected chi connectivity index (χ1v) is 10.6. The van der Waals surface area contributed by atoms with E-state index < -0.39 is 0 Å². The number of nitrogens with zero attached hydrogens (tertiary/aromatic N) is 3. The molecule has 142 valence electrons. The quantitative estimate of drug-likeness (QED) is 0.656. The summed E-state index contributed by atoms with van der Waals surface area (Å²) >= 11 is 1.79. The zero-order chi connectivity index (χ0) is 18.6. The number of carbonyl (C=O) groups excluding carboxylic acids is 1. The molecule has 1 amide bonds. The minimum atomic E-state index is 0.111. The number of fused-ring (bicyclic) bond motifs is 2. The van der Waals surface area contributed by atoms with Gasteiger partial charge in [0.15, 0.2) is 5.96 Å². The highest BCUT2D eigenvalue weighted by Gasteiger charge is 2.22. The van der Waals surface area contributed by atoms with Gasteiger partial charge in [-0.2, -0.15) is 0 Å². The molecule has 0 fully saturated rings. The van der Waals surface area contributed by atoms with Gasteiger partial charge < -0.3 is 15.1 Å². The summed E-state index contributed by atoms with van der Waals surface area (Å²) < 4.78 is 0. The van der Waals surface area contributed by atoms with E-state index >= 15 is 0 Å². The maximum absolute atomic E-state index is 12.7. The van der Waals surface area contributed by atoms with Crippen LogP contribution < -0.4 is 5.32 Å². The van der Waals surface area contributed by atoms with Gasteiger partial charge in [0, 0.05) is 37.6 Å². The number of rotatable bonds is 3. The largest absolute Gasteiger partial charge is 0.356 e. The van der Waals surface area contributed by atoms with Gasteiger partial charge in [0.05, 0.1) is 0 Å². The van der Waals surface area contributed by atoms with Crippen molar-refractivity contribution >= 4 is 23.2 Å². The Morgan fingerprint density at radius 1 is 1.07 bits per heavy atom. The zero-order valence-electron chi connectivity index (χ0n) is 15.8. The van der Waals surface area contributed by atoms with E-state index in [4.69, 9.17) is 0 Å². The number of carbonyl (C=O) groups is 1. The lowest BCUT2D eigenvalue weighted by Gasteiger charge is -2.32. The number of benzene rings is 1. The second-order valence-corrected chi connectivity index (χ2v) is 8.05. The molecular weight excluding hydrogens is 356 g/mol. The first-order valence-electron chi connectivity index (χ1n) is 9.67. The number of thiophene rings is 1. The lowest BCUT2D eigenvalue weighted by atomic mass is 10.0. The molecule has 0 saturated carbocycles. The fourth-order valence-electron chi connectivity index (χ4n) is 3.81. The Morgan fingerprint density at radius 3 is 2.70 bits per heavy atom. The molecule has 2 aliphatic rings. The Hall–Kier alpha value is -2.34. The summed E-state index contributed by atoms with van der Waals surface area (Å²) in [6, 6.07) is 10.7. The van der Waals surface area contributed by atoms with E-state index in [1.807, 2.05) is 4.90 Å².